The second-order valence-corrected chi connectivity index (χ2v) is 3.45. The molecule has 0 saturated heterocycles. The predicted octanol–water partition coefficient (Wildman–Crippen LogP) is 2.58. The number of nitrogens with zero attached hydrogens (tertiary/aromatic N) is 1. The molecule has 0 saturated carbocycles. The largest absolute Gasteiger partial charge is 0.276 e. The van der Waals surface area contributed by atoms with Crippen molar-refractivity contribution in [2.75, 3.05) is 5.06 Å². The van der Waals surface area contributed by atoms with Gasteiger partial charge in [-0.2, -0.15) is 5.06 Å². The molecule has 0 aliphatic carbocycles. The molecular weight excluding hydrogens is 214 g/mol. The van der Waals surface area contributed by atoms with Gasteiger partial charge in [0.05, 0.1) is 5.69 Å². The van der Waals surface area contributed by atoms with Gasteiger partial charge in [0.2, 0.25) is 6.41 Å². The van der Waals surface area contributed by atoms with Gasteiger partial charge >= 0.3 is 0 Å². The quantitative estimate of drug-likeness (QED) is 0.579. The van der Waals surface area contributed by atoms with Crippen molar-refractivity contribution < 1.29 is 9.63 Å². The van der Waals surface area contributed by atoms with Crippen LogP contribution in [0.2, 0.25) is 0 Å². The lowest BCUT2D eigenvalue weighted by Crippen LogP contribution is -2.21. The predicted molar refractivity (Wildman–Crippen MR) is 65.1 cm³/mol. The van der Waals surface area contributed by atoms with Crippen LogP contribution in [-0.4, -0.2) is 6.41 Å². The Bertz CT molecular complexity index is 456. The van der Waals surface area contributed by atoms with E-state index >= 15 is 0 Å². The van der Waals surface area contributed by atoms with Gasteiger partial charge in [0.25, 0.3) is 0 Å². The zero-order valence-corrected chi connectivity index (χ0v) is 9.24. The molecule has 2 aromatic carbocycles. The molecule has 3 nitrogen and oxygen atoms in total. The molecular formula is C14H12NO2. The summed E-state index contributed by atoms with van der Waals surface area (Å²) < 4.78 is 0. The van der Waals surface area contributed by atoms with Crippen LogP contribution in [0.25, 0.3) is 0 Å². The van der Waals surface area contributed by atoms with Crippen molar-refractivity contribution in [3.05, 3.63) is 66.2 Å². The summed E-state index contributed by atoms with van der Waals surface area (Å²) >= 11 is 0. The number of amides is 1. The highest BCUT2D eigenvalue weighted by molar-refractivity contribution is 5.71. The second kappa shape index (κ2) is 5.82. The molecule has 0 N–H and O–H groups in total. The lowest BCUT2D eigenvalue weighted by molar-refractivity contribution is -0.114. The van der Waals surface area contributed by atoms with Crippen molar-refractivity contribution >= 4 is 12.1 Å². The summed E-state index contributed by atoms with van der Waals surface area (Å²) in [6.45, 7) is 0.356. The minimum absolute atomic E-state index is 0.356. The molecule has 1 amide bonds. The van der Waals surface area contributed by atoms with Gasteiger partial charge in [0.15, 0.2) is 0 Å². The van der Waals surface area contributed by atoms with Crippen molar-refractivity contribution in [3.8, 4) is 0 Å². The van der Waals surface area contributed by atoms with Gasteiger partial charge in [-0.1, -0.05) is 42.5 Å². The van der Waals surface area contributed by atoms with Crippen LogP contribution >= 0.6 is 0 Å². The first-order valence-electron chi connectivity index (χ1n) is 5.27. The van der Waals surface area contributed by atoms with Gasteiger partial charge in [-0.25, -0.2) is 0 Å². The maximum absolute atomic E-state index is 10.9. The topological polar surface area (TPSA) is 29.5 Å². The molecule has 85 valence electrons. The first-order valence-corrected chi connectivity index (χ1v) is 5.27. The van der Waals surface area contributed by atoms with Crippen LogP contribution in [0.1, 0.15) is 5.56 Å². The van der Waals surface area contributed by atoms with Crippen LogP contribution in [0.5, 0.6) is 0 Å². The lowest BCUT2D eigenvalue weighted by atomic mass is 10.2. The average molecular weight is 226 g/mol. The van der Waals surface area contributed by atoms with Crippen LogP contribution in [0, 0.1) is 6.07 Å². The molecule has 0 aliphatic heterocycles. The van der Waals surface area contributed by atoms with Gasteiger partial charge in [-0.3, -0.25) is 9.63 Å². The van der Waals surface area contributed by atoms with E-state index in [0.29, 0.717) is 18.7 Å². The van der Waals surface area contributed by atoms with Crippen molar-refractivity contribution in [2.45, 2.75) is 6.61 Å². The molecule has 0 fully saturated rings. The second-order valence-electron chi connectivity index (χ2n) is 3.45. The fourth-order valence-electron chi connectivity index (χ4n) is 1.41. The van der Waals surface area contributed by atoms with Gasteiger partial charge in [0.1, 0.15) is 6.61 Å². The Hall–Kier alpha value is -2.13. The van der Waals surface area contributed by atoms with Crippen molar-refractivity contribution in [1.29, 1.82) is 0 Å². The standard InChI is InChI=1S/C14H12NO2/c16-12-15(14-9-5-2-6-10-14)17-11-13-7-3-1-4-8-13/h1-5,7-10,12H,11H2. The van der Waals surface area contributed by atoms with Crippen LogP contribution in [0.15, 0.2) is 54.6 Å². The molecule has 0 spiro atoms. The molecule has 0 heterocycles. The van der Waals surface area contributed by atoms with E-state index in [1.807, 2.05) is 30.3 Å². The summed E-state index contributed by atoms with van der Waals surface area (Å²) in [7, 11) is 0. The Kier molecular flexibility index (Phi) is 3.89. The van der Waals surface area contributed by atoms with E-state index in [1.54, 1.807) is 24.3 Å². The first-order chi connectivity index (χ1) is 8.40. The maximum atomic E-state index is 10.9. The van der Waals surface area contributed by atoms with Gasteiger partial charge < -0.3 is 0 Å². The molecule has 2 rings (SSSR count). The monoisotopic (exact) mass is 226 g/mol. The summed E-state index contributed by atoms with van der Waals surface area (Å²) in [5.74, 6) is 0. The summed E-state index contributed by atoms with van der Waals surface area (Å²) in [5, 5.41) is 1.20. The highest BCUT2D eigenvalue weighted by atomic mass is 16.7. The molecule has 0 bridgehead atoms. The van der Waals surface area contributed by atoms with Gasteiger partial charge in [-0.15, -0.1) is 0 Å². The minimum atomic E-state index is 0.356. The van der Waals surface area contributed by atoms with Gasteiger partial charge in [0, 0.05) is 0 Å². The van der Waals surface area contributed by atoms with E-state index in [1.165, 1.54) is 5.06 Å². The van der Waals surface area contributed by atoms with Crippen LogP contribution < -0.4 is 5.06 Å². The Labute approximate surface area is 100 Å². The Morgan fingerprint density at radius 3 is 2.65 bits per heavy atom. The minimum Gasteiger partial charge on any atom is -0.276 e. The van der Waals surface area contributed by atoms with Crippen LogP contribution in [0.4, 0.5) is 5.69 Å². The third-order valence-electron chi connectivity index (χ3n) is 2.25. The zero-order chi connectivity index (χ0) is 11.9. The van der Waals surface area contributed by atoms with Gasteiger partial charge in [-0.05, 0) is 23.8 Å². The first kappa shape index (κ1) is 11.4. The molecule has 17 heavy (non-hydrogen) atoms. The SMILES string of the molecule is O=CN(OCc1ccccc1)c1c[c]ccc1. The number of carbonyl (C=O) groups is 1. The van der Waals surface area contributed by atoms with E-state index < -0.39 is 0 Å². The van der Waals surface area contributed by atoms with E-state index in [-0.39, 0.29) is 0 Å². The molecule has 1 radical (unpaired) electrons. The third-order valence-corrected chi connectivity index (χ3v) is 2.25. The molecule has 0 unspecified atom stereocenters. The molecule has 0 atom stereocenters. The number of anilines is 1. The normalized spacial score (nSPS) is 9.88. The maximum Gasteiger partial charge on any atom is 0.238 e. The number of benzene rings is 2. The fraction of sp³-hybridized carbons (Fsp3) is 0.0714. The Morgan fingerprint density at radius 2 is 2.00 bits per heavy atom. The Balaban J connectivity index is 2.00. The van der Waals surface area contributed by atoms with Crippen LogP contribution in [0.3, 0.4) is 0 Å². The summed E-state index contributed by atoms with van der Waals surface area (Å²) in [5.41, 5.74) is 1.68. The zero-order valence-electron chi connectivity index (χ0n) is 9.24. The number of hydrogen-bond acceptors (Lipinski definition) is 2. The fourth-order valence-corrected chi connectivity index (χ4v) is 1.41. The Morgan fingerprint density at radius 1 is 1.18 bits per heavy atom. The van der Waals surface area contributed by atoms with E-state index in [0.717, 1.165) is 5.56 Å². The van der Waals surface area contributed by atoms with E-state index in [9.17, 15) is 4.79 Å². The number of rotatable bonds is 5. The molecule has 3 heteroatoms. The summed E-state index contributed by atoms with van der Waals surface area (Å²) in [4.78, 5) is 16.3. The smallest absolute Gasteiger partial charge is 0.238 e. The van der Waals surface area contributed by atoms with Crippen molar-refractivity contribution in [3.63, 3.8) is 0 Å². The molecule has 0 aliphatic rings. The third kappa shape index (κ3) is 3.16. The van der Waals surface area contributed by atoms with E-state index in [4.69, 9.17) is 4.84 Å². The number of hydroxylamine groups is 1. The van der Waals surface area contributed by atoms with Crippen LogP contribution in [-0.2, 0) is 16.2 Å². The molecule has 0 aromatic heterocycles. The van der Waals surface area contributed by atoms with Crippen molar-refractivity contribution in [1.82, 2.24) is 0 Å². The lowest BCUT2D eigenvalue weighted by Gasteiger charge is -2.16. The molecule has 2 aromatic rings. The summed E-state index contributed by atoms with van der Waals surface area (Å²) in [6, 6.07) is 19.6. The summed E-state index contributed by atoms with van der Waals surface area (Å²) in [6.07, 6.45) is 0.645. The van der Waals surface area contributed by atoms with Crippen molar-refractivity contribution in [2.24, 2.45) is 0 Å². The number of hydrogen-bond donors (Lipinski definition) is 0. The number of carbonyl (C=O) groups excluding carboxylic acids is 1. The van der Waals surface area contributed by atoms with E-state index in [2.05, 4.69) is 6.07 Å². The average Bonchev–Trinajstić information content (AvgIpc) is 2.42. The highest BCUT2D eigenvalue weighted by Crippen LogP contribution is 2.12. The highest BCUT2D eigenvalue weighted by Gasteiger charge is 2.04.